The normalized spacial score (nSPS) is 16.7. The molecule has 1 aromatic rings. The molecular weight excluding hydrogens is 252 g/mol. The van der Waals surface area contributed by atoms with Crippen molar-refractivity contribution < 1.29 is 9.53 Å². The molecule has 0 saturated carbocycles. The number of piperidine rings is 1. The summed E-state index contributed by atoms with van der Waals surface area (Å²) in [6, 6.07) is 0. The van der Waals surface area contributed by atoms with Gasteiger partial charge in [-0.3, -0.25) is 4.79 Å². The lowest BCUT2D eigenvalue weighted by Crippen LogP contribution is -2.33. The maximum absolute atomic E-state index is 11.6. The van der Waals surface area contributed by atoms with E-state index in [1.54, 1.807) is 0 Å². The first kappa shape index (κ1) is 13.4. The highest BCUT2D eigenvalue weighted by molar-refractivity contribution is 7.15. The average Bonchev–Trinajstić information content (AvgIpc) is 2.76. The first-order valence-corrected chi connectivity index (χ1v) is 6.98. The molecule has 0 aliphatic carbocycles. The fourth-order valence-corrected chi connectivity index (χ4v) is 2.42. The van der Waals surface area contributed by atoms with E-state index in [2.05, 4.69) is 20.8 Å². The minimum atomic E-state index is -0.0694. The van der Waals surface area contributed by atoms with Gasteiger partial charge in [-0.2, -0.15) is 0 Å². The van der Waals surface area contributed by atoms with Crippen molar-refractivity contribution in [3.05, 3.63) is 5.01 Å². The molecule has 0 unspecified atom stereocenters. The number of hydrogen-bond donors (Lipinski definition) is 2. The molecule has 1 aliphatic rings. The van der Waals surface area contributed by atoms with Crippen molar-refractivity contribution in [2.45, 2.75) is 32.3 Å². The highest BCUT2D eigenvalue weighted by Gasteiger charge is 2.14. The van der Waals surface area contributed by atoms with Crippen molar-refractivity contribution >= 4 is 22.4 Å². The lowest BCUT2D eigenvalue weighted by atomic mass is 10.1. The van der Waals surface area contributed by atoms with Gasteiger partial charge in [0.1, 0.15) is 5.01 Å². The summed E-state index contributed by atoms with van der Waals surface area (Å²) in [7, 11) is 0. The number of hydrogen-bond acceptors (Lipinski definition) is 6. The van der Waals surface area contributed by atoms with Crippen molar-refractivity contribution in [3.8, 4) is 0 Å². The van der Waals surface area contributed by atoms with Crippen LogP contribution in [0.3, 0.4) is 0 Å². The lowest BCUT2D eigenvalue weighted by molar-refractivity contribution is -0.117. The van der Waals surface area contributed by atoms with Gasteiger partial charge in [0.15, 0.2) is 0 Å². The number of nitrogens with one attached hydrogen (secondary N) is 2. The Morgan fingerprint density at radius 2 is 2.28 bits per heavy atom. The van der Waals surface area contributed by atoms with Crippen LogP contribution in [0.15, 0.2) is 0 Å². The second-order valence-corrected chi connectivity index (χ2v) is 5.43. The molecule has 2 rings (SSSR count). The maximum Gasteiger partial charge on any atom is 0.228 e. The Balaban J connectivity index is 1.62. The molecule has 0 atom stereocenters. The summed E-state index contributed by atoms with van der Waals surface area (Å²) in [5.41, 5.74) is 0. The third kappa shape index (κ3) is 4.32. The van der Waals surface area contributed by atoms with Crippen molar-refractivity contribution in [3.63, 3.8) is 0 Å². The van der Waals surface area contributed by atoms with Crippen LogP contribution < -0.4 is 10.6 Å². The molecule has 18 heavy (non-hydrogen) atoms. The topological polar surface area (TPSA) is 76.1 Å². The number of amides is 1. The fourth-order valence-electron chi connectivity index (χ4n) is 1.81. The molecular formula is C11H18N4O2S. The molecule has 2 heterocycles. The van der Waals surface area contributed by atoms with Crippen LogP contribution in [0.2, 0.25) is 0 Å². The predicted octanol–water partition coefficient (Wildman–Crippen LogP) is 0.944. The minimum Gasteiger partial charge on any atom is -0.378 e. The SMILES string of the molecule is Cc1nnc(NC(=O)CCOC2CCNCC2)s1. The van der Waals surface area contributed by atoms with Crippen molar-refractivity contribution in [1.82, 2.24) is 15.5 Å². The van der Waals surface area contributed by atoms with Gasteiger partial charge in [0, 0.05) is 0 Å². The molecule has 0 spiro atoms. The summed E-state index contributed by atoms with van der Waals surface area (Å²) >= 11 is 1.37. The molecule has 0 radical (unpaired) electrons. The second-order valence-electron chi connectivity index (χ2n) is 4.24. The molecule has 1 amide bonds. The Bertz CT molecular complexity index is 390. The summed E-state index contributed by atoms with van der Waals surface area (Å²) in [6.45, 7) is 4.32. The molecule has 1 saturated heterocycles. The molecule has 0 aromatic carbocycles. The quantitative estimate of drug-likeness (QED) is 0.833. The molecule has 2 N–H and O–H groups in total. The number of rotatable bonds is 5. The summed E-state index contributed by atoms with van der Waals surface area (Å²) in [4.78, 5) is 11.6. The number of anilines is 1. The van der Waals surface area contributed by atoms with E-state index in [1.807, 2.05) is 6.92 Å². The Morgan fingerprint density at radius 3 is 2.94 bits per heavy atom. The van der Waals surface area contributed by atoms with Crippen LogP contribution in [0.25, 0.3) is 0 Å². The van der Waals surface area contributed by atoms with E-state index in [4.69, 9.17) is 4.74 Å². The third-order valence-electron chi connectivity index (χ3n) is 2.74. The van der Waals surface area contributed by atoms with Crippen LogP contribution in [-0.4, -0.2) is 41.9 Å². The molecule has 7 heteroatoms. The number of aryl methyl sites for hydroxylation is 1. The van der Waals surface area contributed by atoms with E-state index in [0.717, 1.165) is 30.9 Å². The van der Waals surface area contributed by atoms with Crippen molar-refractivity contribution in [2.24, 2.45) is 0 Å². The van der Waals surface area contributed by atoms with Gasteiger partial charge in [0.05, 0.1) is 19.1 Å². The second kappa shape index (κ2) is 6.77. The maximum atomic E-state index is 11.6. The van der Waals surface area contributed by atoms with Crippen LogP contribution >= 0.6 is 11.3 Å². The standard InChI is InChI=1S/C11H18N4O2S/c1-8-14-15-11(18-8)13-10(16)4-7-17-9-2-5-12-6-3-9/h9,12H,2-7H2,1H3,(H,13,15,16). The van der Waals surface area contributed by atoms with Crippen LogP contribution in [-0.2, 0) is 9.53 Å². The largest absolute Gasteiger partial charge is 0.378 e. The summed E-state index contributed by atoms with van der Waals surface area (Å²) in [6.07, 6.45) is 2.71. The van der Waals surface area contributed by atoms with E-state index in [-0.39, 0.29) is 5.91 Å². The van der Waals surface area contributed by atoms with Gasteiger partial charge in [-0.1, -0.05) is 11.3 Å². The zero-order chi connectivity index (χ0) is 12.8. The third-order valence-corrected chi connectivity index (χ3v) is 3.50. The summed E-state index contributed by atoms with van der Waals surface area (Å²) in [5, 5.41) is 15.1. The van der Waals surface area contributed by atoms with Crippen LogP contribution in [0.4, 0.5) is 5.13 Å². The number of carbonyl (C=O) groups is 1. The molecule has 1 aliphatic heterocycles. The highest BCUT2D eigenvalue weighted by Crippen LogP contribution is 2.14. The van der Waals surface area contributed by atoms with Crippen molar-refractivity contribution in [2.75, 3.05) is 25.0 Å². The average molecular weight is 270 g/mol. The molecule has 1 fully saturated rings. The van der Waals surface area contributed by atoms with Gasteiger partial charge in [0.2, 0.25) is 11.0 Å². The zero-order valence-corrected chi connectivity index (χ0v) is 11.3. The van der Waals surface area contributed by atoms with E-state index >= 15 is 0 Å². The first-order chi connectivity index (χ1) is 8.74. The number of ether oxygens (including phenoxy) is 1. The van der Waals surface area contributed by atoms with E-state index in [9.17, 15) is 4.79 Å². The minimum absolute atomic E-state index is 0.0694. The summed E-state index contributed by atoms with van der Waals surface area (Å²) in [5.74, 6) is -0.0694. The lowest BCUT2D eigenvalue weighted by Gasteiger charge is -2.22. The van der Waals surface area contributed by atoms with Crippen LogP contribution in [0.1, 0.15) is 24.3 Å². The number of aromatic nitrogens is 2. The Morgan fingerprint density at radius 1 is 1.50 bits per heavy atom. The van der Waals surface area contributed by atoms with Gasteiger partial charge in [0.25, 0.3) is 0 Å². The van der Waals surface area contributed by atoms with Crippen LogP contribution in [0.5, 0.6) is 0 Å². The monoisotopic (exact) mass is 270 g/mol. The molecule has 0 bridgehead atoms. The first-order valence-electron chi connectivity index (χ1n) is 6.16. The van der Waals surface area contributed by atoms with Gasteiger partial charge < -0.3 is 15.4 Å². The van der Waals surface area contributed by atoms with E-state index in [0.29, 0.717) is 24.3 Å². The van der Waals surface area contributed by atoms with Gasteiger partial charge in [-0.05, 0) is 32.9 Å². The highest BCUT2D eigenvalue weighted by atomic mass is 32.1. The van der Waals surface area contributed by atoms with Gasteiger partial charge in [-0.25, -0.2) is 0 Å². The fraction of sp³-hybridized carbons (Fsp3) is 0.727. The van der Waals surface area contributed by atoms with E-state index < -0.39 is 0 Å². The Labute approximate surface area is 110 Å². The van der Waals surface area contributed by atoms with Gasteiger partial charge >= 0.3 is 0 Å². The number of carbonyl (C=O) groups excluding carboxylic acids is 1. The molecule has 1 aromatic heterocycles. The smallest absolute Gasteiger partial charge is 0.228 e. The van der Waals surface area contributed by atoms with Crippen LogP contribution in [0, 0.1) is 6.92 Å². The zero-order valence-electron chi connectivity index (χ0n) is 10.4. The predicted molar refractivity (Wildman–Crippen MR) is 69.7 cm³/mol. The Kier molecular flexibility index (Phi) is 5.03. The number of nitrogens with zero attached hydrogens (tertiary/aromatic N) is 2. The van der Waals surface area contributed by atoms with E-state index in [1.165, 1.54) is 11.3 Å². The summed E-state index contributed by atoms with van der Waals surface area (Å²) < 4.78 is 5.66. The van der Waals surface area contributed by atoms with Crippen molar-refractivity contribution in [1.29, 1.82) is 0 Å². The van der Waals surface area contributed by atoms with Gasteiger partial charge in [-0.15, -0.1) is 10.2 Å². The Hall–Kier alpha value is -1.05. The molecule has 100 valence electrons. The molecule has 6 nitrogen and oxygen atoms in total.